The van der Waals surface area contributed by atoms with Gasteiger partial charge in [0.05, 0.1) is 0 Å². The first-order valence-corrected chi connectivity index (χ1v) is 9.18. The van der Waals surface area contributed by atoms with Crippen molar-refractivity contribution in [3.8, 4) is 0 Å². The number of hydrogen-bond donors (Lipinski definition) is 1. The van der Waals surface area contributed by atoms with Crippen LogP contribution in [-0.4, -0.2) is 25.8 Å². The van der Waals surface area contributed by atoms with Crippen LogP contribution in [0.1, 0.15) is 18.4 Å². The number of hydrogen-bond acceptors (Lipinski definition) is 3. The van der Waals surface area contributed by atoms with Crippen LogP contribution in [0, 0.1) is 11.6 Å². The first-order valence-electron chi connectivity index (χ1n) is 7.70. The number of halogens is 2. The molecular weight excluding hydrogens is 350 g/mol. The number of nitrogens with one attached hydrogen (secondary N) is 1. The molecule has 1 N–H and O–H groups in total. The van der Waals surface area contributed by atoms with Gasteiger partial charge in [0.15, 0.2) is 0 Å². The lowest BCUT2D eigenvalue weighted by atomic mass is 10.2. The van der Waals surface area contributed by atoms with Crippen LogP contribution in [0.4, 0.5) is 14.5 Å². The van der Waals surface area contributed by atoms with Crippen molar-refractivity contribution in [2.24, 2.45) is 0 Å². The van der Waals surface area contributed by atoms with Gasteiger partial charge in [-0.2, -0.15) is 0 Å². The average molecular weight is 366 g/mol. The number of sulfonamides is 1. The van der Waals surface area contributed by atoms with Gasteiger partial charge in [-0.25, -0.2) is 17.2 Å². The van der Waals surface area contributed by atoms with E-state index in [0.29, 0.717) is 25.6 Å². The third-order valence-corrected chi connectivity index (χ3v) is 5.32. The number of rotatable bonds is 5. The molecular formula is C17H16F2N2O3S. The molecule has 0 atom stereocenters. The van der Waals surface area contributed by atoms with Gasteiger partial charge in [0.2, 0.25) is 5.91 Å². The van der Waals surface area contributed by atoms with Crippen LogP contribution >= 0.6 is 0 Å². The zero-order valence-corrected chi connectivity index (χ0v) is 14.0. The summed E-state index contributed by atoms with van der Waals surface area (Å²) in [6.45, 7) is 1.06. The Hall–Kier alpha value is -2.48. The van der Waals surface area contributed by atoms with Crippen LogP contribution in [0.2, 0.25) is 0 Å². The van der Waals surface area contributed by atoms with Gasteiger partial charge >= 0.3 is 0 Å². The quantitative estimate of drug-likeness (QED) is 0.885. The maximum atomic E-state index is 13.7. The normalized spacial score (nSPS) is 14.8. The van der Waals surface area contributed by atoms with E-state index in [1.165, 1.54) is 6.07 Å². The van der Waals surface area contributed by atoms with Gasteiger partial charge in [0.25, 0.3) is 10.0 Å². The molecule has 1 fully saturated rings. The highest BCUT2D eigenvalue weighted by Crippen LogP contribution is 2.22. The lowest BCUT2D eigenvalue weighted by molar-refractivity contribution is -0.128. The zero-order chi connectivity index (χ0) is 18.0. The van der Waals surface area contributed by atoms with Gasteiger partial charge in [-0.15, -0.1) is 0 Å². The third kappa shape index (κ3) is 3.96. The van der Waals surface area contributed by atoms with Gasteiger partial charge < -0.3 is 4.90 Å². The molecule has 3 rings (SSSR count). The van der Waals surface area contributed by atoms with Crippen LogP contribution in [-0.2, 0) is 21.4 Å². The molecule has 0 unspecified atom stereocenters. The summed E-state index contributed by atoms with van der Waals surface area (Å²) >= 11 is 0. The Kier molecular flexibility index (Phi) is 4.71. The molecule has 1 aliphatic rings. The molecule has 1 amide bonds. The molecule has 1 aliphatic heterocycles. The lowest BCUT2D eigenvalue weighted by Gasteiger charge is -2.16. The Morgan fingerprint density at radius 2 is 1.92 bits per heavy atom. The van der Waals surface area contributed by atoms with E-state index in [4.69, 9.17) is 0 Å². The molecule has 0 aromatic heterocycles. The first kappa shape index (κ1) is 17.3. The molecule has 5 nitrogen and oxygen atoms in total. The minimum atomic E-state index is -4.19. The van der Waals surface area contributed by atoms with Crippen molar-refractivity contribution < 1.29 is 22.0 Å². The molecule has 8 heteroatoms. The van der Waals surface area contributed by atoms with E-state index < -0.39 is 26.6 Å². The Bertz CT molecular complexity index is 916. The van der Waals surface area contributed by atoms with Crippen molar-refractivity contribution in [3.05, 3.63) is 59.7 Å². The van der Waals surface area contributed by atoms with Crippen LogP contribution in [0.5, 0.6) is 0 Å². The fourth-order valence-corrected chi connectivity index (χ4v) is 3.84. The standard InChI is InChI=1S/C17H16F2N2O3S/c18-13-6-7-16(15(19)10-13)25(23,24)20-14-4-1-3-12(9-14)11-21-8-2-5-17(21)22/h1,3-4,6-7,9-10,20H,2,5,8,11H2. The van der Waals surface area contributed by atoms with E-state index >= 15 is 0 Å². The lowest BCUT2D eigenvalue weighted by Crippen LogP contribution is -2.23. The van der Waals surface area contributed by atoms with E-state index in [1.54, 1.807) is 23.1 Å². The molecule has 2 aromatic rings. The minimum absolute atomic E-state index is 0.0689. The fraction of sp³-hybridized carbons (Fsp3) is 0.235. The highest BCUT2D eigenvalue weighted by Gasteiger charge is 2.22. The summed E-state index contributed by atoms with van der Waals surface area (Å²) in [5.74, 6) is -1.94. The highest BCUT2D eigenvalue weighted by atomic mass is 32.2. The molecule has 25 heavy (non-hydrogen) atoms. The van der Waals surface area contributed by atoms with E-state index in [9.17, 15) is 22.0 Å². The van der Waals surface area contributed by atoms with Gasteiger partial charge in [-0.05, 0) is 36.2 Å². The van der Waals surface area contributed by atoms with Crippen molar-refractivity contribution in [1.29, 1.82) is 0 Å². The number of amides is 1. The highest BCUT2D eigenvalue weighted by molar-refractivity contribution is 7.92. The molecule has 0 spiro atoms. The summed E-state index contributed by atoms with van der Waals surface area (Å²) in [5.41, 5.74) is 1.00. The number of likely N-dealkylation sites (tertiary alicyclic amines) is 1. The van der Waals surface area contributed by atoms with E-state index in [2.05, 4.69) is 4.72 Å². The Balaban J connectivity index is 1.80. The van der Waals surface area contributed by atoms with Crippen LogP contribution in [0.25, 0.3) is 0 Å². The summed E-state index contributed by atoms with van der Waals surface area (Å²) in [4.78, 5) is 12.8. The first-order chi connectivity index (χ1) is 11.8. The summed E-state index contributed by atoms with van der Waals surface area (Å²) in [6.07, 6.45) is 1.34. The number of carbonyl (C=O) groups is 1. The minimum Gasteiger partial charge on any atom is -0.338 e. The van der Waals surface area contributed by atoms with E-state index in [-0.39, 0.29) is 11.6 Å². The van der Waals surface area contributed by atoms with Gasteiger partial charge in [-0.3, -0.25) is 9.52 Å². The van der Waals surface area contributed by atoms with E-state index in [0.717, 1.165) is 24.1 Å². The topological polar surface area (TPSA) is 66.5 Å². The zero-order valence-electron chi connectivity index (χ0n) is 13.2. The van der Waals surface area contributed by atoms with Crippen molar-refractivity contribution in [2.75, 3.05) is 11.3 Å². The molecule has 1 saturated heterocycles. The monoisotopic (exact) mass is 366 g/mol. The Morgan fingerprint density at radius 1 is 1.12 bits per heavy atom. The molecule has 0 aliphatic carbocycles. The number of anilines is 1. The van der Waals surface area contributed by atoms with Crippen molar-refractivity contribution >= 4 is 21.6 Å². The predicted octanol–water partition coefficient (Wildman–Crippen LogP) is 2.89. The molecule has 2 aromatic carbocycles. The second-order valence-corrected chi connectivity index (χ2v) is 7.45. The van der Waals surface area contributed by atoms with Crippen LogP contribution < -0.4 is 4.72 Å². The Labute approximate surface area is 144 Å². The predicted molar refractivity (Wildman–Crippen MR) is 88.3 cm³/mol. The molecule has 132 valence electrons. The second-order valence-electron chi connectivity index (χ2n) is 5.80. The van der Waals surface area contributed by atoms with Crippen molar-refractivity contribution in [2.45, 2.75) is 24.3 Å². The molecule has 1 heterocycles. The summed E-state index contributed by atoms with van der Waals surface area (Å²) in [5, 5.41) is 0. The third-order valence-electron chi connectivity index (χ3n) is 3.91. The second kappa shape index (κ2) is 6.79. The molecule has 0 radical (unpaired) electrons. The van der Waals surface area contributed by atoms with Gasteiger partial charge in [-0.1, -0.05) is 12.1 Å². The summed E-state index contributed by atoms with van der Waals surface area (Å²) in [6, 6.07) is 8.81. The molecule has 0 bridgehead atoms. The van der Waals surface area contributed by atoms with Crippen LogP contribution in [0.3, 0.4) is 0 Å². The molecule has 0 saturated carbocycles. The van der Waals surface area contributed by atoms with Gasteiger partial charge in [0, 0.05) is 31.3 Å². The smallest absolute Gasteiger partial charge is 0.264 e. The number of benzene rings is 2. The Morgan fingerprint density at radius 3 is 2.60 bits per heavy atom. The summed E-state index contributed by atoms with van der Waals surface area (Å²) in [7, 11) is -4.19. The van der Waals surface area contributed by atoms with Crippen molar-refractivity contribution in [3.63, 3.8) is 0 Å². The van der Waals surface area contributed by atoms with E-state index in [1.807, 2.05) is 0 Å². The SMILES string of the molecule is O=C1CCCN1Cc1cccc(NS(=O)(=O)c2ccc(F)cc2F)c1. The maximum Gasteiger partial charge on any atom is 0.264 e. The van der Waals surface area contributed by atoms with Crippen LogP contribution in [0.15, 0.2) is 47.4 Å². The average Bonchev–Trinajstić information content (AvgIpc) is 2.92. The fourth-order valence-electron chi connectivity index (χ4n) is 2.73. The largest absolute Gasteiger partial charge is 0.338 e. The van der Waals surface area contributed by atoms with Gasteiger partial charge in [0.1, 0.15) is 16.5 Å². The number of carbonyl (C=O) groups excluding carboxylic acids is 1. The maximum absolute atomic E-state index is 13.7. The summed E-state index contributed by atoms with van der Waals surface area (Å²) < 4.78 is 53.6. The number of nitrogens with zero attached hydrogens (tertiary/aromatic N) is 1. The van der Waals surface area contributed by atoms with Crippen molar-refractivity contribution in [1.82, 2.24) is 4.90 Å².